The Morgan fingerprint density at radius 2 is 1.83 bits per heavy atom. The first-order valence-electron chi connectivity index (χ1n) is 7.76. The predicted octanol–water partition coefficient (Wildman–Crippen LogP) is 0.999. The molecule has 1 unspecified atom stereocenters. The lowest BCUT2D eigenvalue weighted by Crippen LogP contribution is -2.43. The van der Waals surface area contributed by atoms with E-state index in [1.165, 1.54) is 9.21 Å². The fourth-order valence-corrected chi connectivity index (χ4v) is 3.57. The van der Waals surface area contributed by atoms with Crippen molar-refractivity contribution in [2.75, 3.05) is 38.8 Å². The number of carbonyl (C=O) groups excluding carboxylic acids is 2. The number of benzene rings is 1. The van der Waals surface area contributed by atoms with Gasteiger partial charge in [0.15, 0.2) is 0 Å². The first kappa shape index (κ1) is 18.4. The van der Waals surface area contributed by atoms with Crippen molar-refractivity contribution in [1.82, 2.24) is 9.21 Å². The van der Waals surface area contributed by atoms with E-state index in [0.29, 0.717) is 30.6 Å². The largest absolute Gasteiger partial charge is 0.345 e. The van der Waals surface area contributed by atoms with E-state index in [2.05, 4.69) is 5.32 Å². The number of rotatable bonds is 4. The maximum atomic E-state index is 12.4. The van der Waals surface area contributed by atoms with Crippen LogP contribution >= 0.6 is 0 Å². The summed E-state index contributed by atoms with van der Waals surface area (Å²) in [4.78, 5) is 25.7. The summed E-state index contributed by atoms with van der Waals surface area (Å²) in [5.41, 5.74) is 1.13. The Bertz CT molecular complexity index is 713. The molecular formula is C16H23N3O4S. The summed E-state index contributed by atoms with van der Waals surface area (Å²) in [5, 5.41) is 2.79. The summed E-state index contributed by atoms with van der Waals surface area (Å²) >= 11 is 0. The standard InChI is InChI=1S/C16H23N3O4S/c1-18(2)16(21)12-6-8-14(9-7-12)17-15(20)13-5-4-10-19(11-13)24(3,22)23/h6-9,13H,4-5,10-11H2,1-3H3,(H,17,20). The van der Waals surface area contributed by atoms with Crippen LogP contribution in [0.1, 0.15) is 23.2 Å². The zero-order chi connectivity index (χ0) is 17.9. The van der Waals surface area contributed by atoms with Crippen molar-refractivity contribution in [1.29, 1.82) is 0 Å². The molecule has 1 saturated heterocycles. The average molecular weight is 353 g/mol. The van der Waals surface area contributed by atoms with Crippen LogP contribution in [0.3, 0.4) is 0 Å². The summed E-state index contributed by atoms with van der Waals surface area (Å²) in [6, 6.07) is 6.65. The first-order valence-corrected chi connectivity index (χ1v) is 9.61. The van der Waals surface area contributed by atoms with Gasteiger partial charge in [0, 0.05) is 38.4 Å². The summed E-state index contributed by atoms with van der Waals surface area (Å²) in [6.07, 6.45) is 2.49. The normalized spacial score (nSPS) is 18.9. The van der Waals surface area contributed by atoms with E-state index >= 15 is 0 Å². The fourth-order valence-electron chi connectivity index (χ4n) is 2.66. The van der Waals surface area contributed by atoms with E-state index in [4.69, 9.17) is 0 Å². The molecule has 2 rings (SSSR count). The van der Waals surface area contributed by atoms with Crippen LogP contribution in [0.2, 0.25) is 0 Å². The van der Waals surface area contributed by atoms with E-state index in [-0.39, 0.29) is 24.3 Å². The van der Waals surface area contributed by atoms with Crippen LogP contribution in [-0.4, -0.2) is 62.9 Å². The number of hydrogen-bond donors (Lipinski definition) is 1. The Hall–Kier alpha value is -1.93. The van der Waals surface area contributed by atoms with Crippen molar-refractivity contribution in [2.45, 2.75) is 12.8 Å². The molecule has 0 radical (unpaired) electrons. The van der Waals surface area contributed by atoms with Gasteiger partial charge in [0.1, 0.15) is 0 Å². The van der Waals surface area contributed by atoms with Gasteiger partial charge in [0.25, 0.3) is 5.91 Å². The molecule has 0 bridgehead atoms. The lowest BCUT2D eigenvalue weighted by atomic mass is 9.98. The summed E-state index contributed by atoms with van der Waals surface area (Å²) in [5.74, 6) is -0.671. The number of carbonyl (C=O) groups is 2. The van der Waals surface area contributed by atoms with Gasteiger partial charge in [-0.25, -0.2) is 12.7 Å². The van der Waals surface area contributed by atoms with Crippen LogP contribution in [0.25, 0.3) is 0 Å². The van der Waals surface area contributed by atoms with E-state index in [0.717, 1.165) is 6.26 Å². The minimum atomic E-state index is -3.28. The maximum Gasteiger partial charge on any atom is 0.253 e. The summed E-state index contributed by atoms with van der Waals surface area (Å²) in [6.45, 7) is 0.672. The monoisotopic (exact) mass is 353 g/mol. The highest BCUT2D eigenvalue weighted by atomic mass is 32.2. The van der Waals surface area contributed by atoms with Crippen molar-refractivity contribution >= 4 is 27.5 Å². The highest BCUT2D eigenvalue weighted by molar-refractivity contribution is 7.88. The number of sulfonamides is 1. The molecule has 1 N–H and O–H groups in total. The lowest BCUT2D eigenvalue weighted by molar-refractivity contribution is -0.120. The number of anilines is 1. The maximum absolute atomic E-state index is 12.4. The van der Waals surface area contributed by atoms with Crippen molar-refractivity contribution < 1.29 is 18.0 Å². The van der Waals surface area contributed by atoms with E-state index in [1.807, 2.05) is 0 Å². The molecular weight excluding hydrogens is 330 g/mol. The second kappa shape index (κ2) is 7.31. The molecule has 8 heteroatoms. The van der Waals surface area contributed by atoms with Gasteiger partial charge in [-0.2, -0.15) is 0 Å². The Labute approximate surface area is 142 Å². The van der Waals surface area contributed by atoms with Gasteiger partial charge in [0.2, 0.25) is 15.9 Å². The smallest absolute Gasteiger partial charge is 0.253 e. The number of nitrogens with zero attached hydrogens (tertiary/aromatic N) is 2. The van der Waals surface area contributed by atoms with E-state index in [9.17, 15) is 18.0 Å². The van der Waals surface area contributed by atoms with Crippen LogP contribution in [0, 0.1) is 5.92 Å². The Balaban J connectivity index is 2.00. The van der Waals surface area contributed by atoms with Crippen molar-refractivity contribution in [3.63, 3.8) is 0 Å². The fraction of sp³-hybridized carbons (Fsp3) is 0.500. The van der Waals surface area contributed by atoms with Gasteiger partial charge in [-0.3, -0.25) is 9.59 Å². The molecule has 1 heterocycles. The molecule has 1 atom stereocenters. The molecule has 0 spiro atoms. The number of hydrogen-bond acceptors (Lipinski definition) is 4. The molecule has 0 saturated carbocycles. The molecule has 0 aliphatic carbocycles. The Morgan fingerprint density at radius 1 is 1.21 bits per heavy atom. The van der Waals surface area contributed by atoms with Crippen LogP contribution < -0.4 is 5.32 Å². The number of amides is 2. The quantitative estimate of drug-likeness (QED) is 0.875. The van der Waals surface area contributed by atoms with Crippen LogP contribution in [0.5, 0.6) is 0 Å². The molecule has 7 nitrogen and oxygen atoms in total. The molecule has 1 aromatic carbocycles. The Morgan fingerprint density at radius 3 is 2.38 bits per heavy atom. The third-order valence-electron chi connectivity index (χ3n) is 4.03. The Kier molecular flexibility index (Phi) is 5.61. The molecule has 24 heavy (non-hydrogen) atoms. The molecule has 1 aromatic rings. The van der Waals surface area contributed by atoms with Crippen molar-refractivity contribution in [3.8, 4) is 0 Å². The summed E-state index contributed by atoms with van der Waals surface area (Å²) in [7, 11) is 0.0732. The van der Waals surface area contributed by atoms with Gasteiger partial charge in [0.05, 0.1) is 12.2 Å². The van der Waals surface area contributed by atoms with Crippen LogP contribution in [0.15, 0.2) is 24.3 Å². The zero-order valence-electron chi connectivity index (χ0n) is 14.2. The highest BCUT2D eigenvalue weighted by Crippen LogP contribution is 2.21. The third kappa shape index (κ3) is 4.55. The second-order valence-electron chi connectivity index (χ2n) is 6.23. The minimum Gasteiger partial charge on any atom is -0.345 e. The third-order valence-corrected chi connectivity index (χ3v) is 5.30. The van der Waals surface area contributed by atoms with Crippen molar-refractivity contribution in [3.05, 3.63) is 29.8 Å². The first-order chi connectivity index (χ1) is 11.2. The summed E-state index contributed by atoms with van der Waals surface area (Å²) < 4.78 is 24.6. The molecule has 0 aromatic heterocycles. The average Bonchev–Trinajstić information content (AvgIpc) is 2.54. The van der Waals surface area contributed by atoms with Gasteiger partial charge < -0.3 is 10.2 Å². The SMILES string of the molecule is CN(C)C(=O)c1ccc(NC(=O)C2CCCN(S(C)(=O)=O)C2)cc1. The predicted molar refractivity (Wildman–Crippen MR) is 92.2 cm³/mol. The zero-order valence-corrected chi connectivity index (χ0v) is 15.0. The highest BCUT2D eigenvalue weighted by Gasteiger charge is 2.30. The molecule has 1 fully saturated rings. The van der Waals surface area contributed by atoms with Crippen LogP contribution in [-0.2, 0) is 14.8 Å². The topological polar surface area (TPSA) is 86.8 Å². The van der Waals surface area contributed by atoms with Gasteiger partial charge >= 0.3 is 0 Å². The van der Waals surface area contributed by atoms with Gasteiger partial charge in [-0.05, 0) is 37.1 Å². The molecule has 2 amide bonds. The number of nitrogens with one attached hydrogen (secondary N) is 1. The van der Waals surface area contributed by atoms with Crippen LogP contribution in [0.4, 0.5) is 5.69 Å². The lowest BCUT2D eigenvalue weighted by Gasteiger charge is -2.30. The van der Waals surface area contributed by atoms with Crippen molar-refractivity contribution in [2.24, 2.45) is 5.92 Å². The van der Waals surface area contributed by atoms with E-state index < -0.39 is 10.0 Å². The van der Waals surface area contributed by atoms with E-state index in [1.54, 1.807) is 38.4 Å². The number of piperidine rings is 1. The molecule has 1 aliphatic heterocycles. The molecule has 132 valence electrons. The second-order valence-corrected chi connectivity index (χ2v) is 8.21. The molecule has 1 aliphatic rings. The van der Waals surface area contributed by atoms with Gasteiger partial charge in [-0.1, -0.05) is 0 Å². The van der Waals surface area contributed by atoms with Gasteiger partial charge in [-0.15, -0.1) is 0 Å². The minimum absolute atomic E-state index is 0.107.